The number of carbonyl (C=O) groups excluding carboxylic acids is 3. The largest absolute Gasteiger partial charge is 0.481 e. The van der Waals surface area contributed by atoms with Crippen LogP contribution in [0.2, 0.25) is 0 Å². The van der Waals surface area contributed by atoms with Gasteiger partial charge in [0.2, 0.25) is 11.8 Å². The number of imide groups is 1. The number of carboxylic acid groups (broad SMARTS) is 1. The number of benzene rings is 1. The van der Waals surface area contributed by atoms with Crippen LogP contribution in [0.3, 0.4) is 0 Å². The Hall–Kier alpha value is -2.90. The standard InChI is InChI=1S/C19H21N3O5/c23-16-4-3-15(17(24)20-16)22-10-12-1-2-13(9-14(12)18(22)25)21-7-5-11(6-8-21)19(26)27/h1-2,9,11,15H,3-8,10H2,(H,26,27)(H,20,23,24). The van der Waals surface area contributed by atoms with Gasteiger partial charge < -0.3 is 14.9 Å². The summed E-state index contributed by atoms with van der Waals surface area (Å²) in [5.74, 6) is -1.96. The van der Waals surface area contributed by atoms with Crippen molar-refractivity contribution in [1.29, 1.82) is 0 Å². The van der Waals surface area contributed by atoms with Crippen LogP contribution in [0, 0.1) is 5.92 Å². The molecular weight excluding hydrogens is 350 g/mol. The smallest absolute Gasteiger partial charge is 0.306 e. The molecule has 0 bridgehead atoms. The van der Waals surface area contributed by atoms with Gasteiger partial charge in [-0.15, -0.1) is 0 Å². The van der Waals surface area contributed by atoms with E-state index >= 15 is 0 Å². The van der Waals surface area contributed by atoms with Crippen molar-refractivity contribution < 1.29 is 24.3 Å². The number of nitrogens with zero attached hydrogens (tertiary/aromatic N) is 2. The van der Waals surface area contributed by atoms with Crippen LogP contribution in [0.15, 0.2) is 18.2 Å². The van der Waals surface area contributed by atoms with Crippen LogP contribution < -0.4 is 10.2 Å². The maximum absolute atomic E-state index is 12.9. The maximum Gasteiger partial charge on any atom is 0.306 e. The third kappa shape index (κ3) is 3.15. The molecule has 8 nitrogen and oxygen atoms in total. The molecule has 0 radical (unpaired) electrons. The number of rotatable bonds is 3. The molecule has 0 saturated carbocycles. The van der Waals surface area contributed by atoms with Crippen molar-refractivity contribution in [2.45, 2.75) is 38.3 Å². The minimum absolute atomic E-state index is 0.193. The Balaban J connectivity index is 1.49. The Labute approximate surface area is 156 Å². The second-order valence-corrected chi connectivity index (χ2v) is 7.34. The van der Waals surface area contributed by atoms with E-state index in [1.165, 1.54) is 4.90 Å². The van der Waals surface area contributed by atoms with Gasteiger partial charge in [-0.25, -0.2) is 0 Å². The number of fused-ring (bicyclic) bond motifs is 1. The van der Waals surface area contributed by atoms with E-state index in [4.69, 9.17) is 5.11 Å². The molecule has 8 heteroatoms. The van der Waals surface area contributed by atoms with E-state index in [2.05, 4.69) is 10.2 Å². The Kier molecular flexibility index (Phi) is 4.33. The van der Waals surface area contributed by atoms with Gasteiger partial charge in [0.15, 0.2) is 0 Å². The summed E-state index contributed by atoms with van der Waals surface area (Å²) >= 11 is 0. The summed E-state index contributed by atoms with van der Waals surface area (Å²) in [5, 5.41) is 11.4. The highest BCUT2D eigenvalue weighted by atomic mass is 16.4. The topological polar surface area (TPSA) is 107 Å². The van der Waals surface area contributed by atoms with Crippen molar-refractivity contribution in [2.75, 3.05) is 18.0 Å². The van der Waals surface area contributed by atoms with Crippen LogP contribution in [-0.4, -0.2) is 52.8 Å². The lowest BCUT2D eigenvalue weighted by Gasteiger charge is -2.32. The van der Waals surface area contributed by atoms with Gasteiger partial charge in [-0.3, -0.25) is 24.5 Å². The third-order valence-corrected chi connectivity index (χ3v) is 5.72. The molecule has 2 saturated heterocycles. The number of carboxylic acids is 1. The first-order chi connectivity index (χ1) is 12.9. The van der Waals surface area contributed by atoms with Gasteiger partial charge in [-0.1, -0.05) is 6.07 Å². The summed E-state index contributed by atoms with van der Waals surface area (Å²) in [7, 11) is 0. The molecule has 3 heterocycles. The van der Waals surface area contributed by atoms with Crippen LogP contribution in [-0.2, 0) is 20.9 Å². The second-order valence-electron chi connectivity index (χ2n) is 7.34. The van der Waals surface area contributed by atoms with Crippen molar-refractivity contribution >= 4 is 29.4 Å². The lowest BCUT2D eigenvalue weighted by atomic mass is 9.96. The molecule has 2 N–H and O–H groups in total. The first-order valence-electron chi connectivity index (χ1n) is 9.19. The minimum atomic E-state index is -0.751. The van der Waals surface area contributed by atoms with Crippen LogP contribution in [0.25, 0.3) is 0 Å². The van der Waals surface area contributed by atoms with Crippen molar-refractivity contribution in [2.24, 2.45) is 5.92 Å². The van der Waals surface area contributed by atoms with E-state index in [-0.39, 0.29) is 24.2 Å². The highest BCUT2D eigenvalue weighted by molar-refractivity contribution is 6.05. The molecule has 1 unspecified atom stereocenters. The number of nitrogens with one attached hydrogen (secondary N) is 1. The summed E-state index contributed by atoms with van der Waals surface area (Å²) < 4.78 is 0. The summed E-state index contributed by atoms with van der Waals surface area (Å²) in [6, 6.07) is 5.07. The summed E-state index contributed by atoms with van der Waals surface area (Å²) in [4.78, 5) is 51.0. The van der Waals surface area contributed by atoms with Gasteiger partial charge in [-0.2, -0.15) is 0 Å². The minimum Gasteiger partial charge on any atom is -0.481 e. The lowest BCUT2D eigenvalue weighted by Crippen LogP contribution is -2.52. The number of hydrogen-bond acceptors (Lipinski definition) is 5. The highest BCUT2D eigenvalue weighted by Crippen LogP contribution is 2.32. The summed E-state index contributed by atoms with van der Waals surface area (Å²) in [5.41, 5.74) is 2.35. The predicted molar refractivity (Wildman–Crippen MR) is 95.1 cm³/mol. The van der Waals surface area contributed by atoms with Crippen LogP contribution in [0.5, 0.6) is 0 Å². The molecule has 27 heavy (non-hydrogen) atoms. The molecule has 2 fully saturated rings. The predicted octanol–water partition coefficient (Wildman–Crippen LogP) is 0.749. The first kappa shape index (κ1) is 17.5. The van der Waals surface area contributed by atoms with Gasteiger partial charge in [-0.05, 0) is 37.0 Å². The Morgan fingerprint density at radius 3 is 2.52 bits per heavy atom. The fourth-order valence-corrected chi connectivity index (χ4v) is 4.12. The van der Waals surface area contributed by atoms with Crippen LogP contribution in [0.4, 0.5) is 5.69 Å². The molecule has 1 aromatic carbocycles. The number of piperidine rings is 2. The zero-order chi connectivity index (χ0) is 19.1. The summed E-state index contributed by atoms with van der Waals surface area (Å²) in [6.45, 7) is 1.64. The number of carbonyl (C=O) groups is 4. The Morgan fingerprint density at radius 1 is 1.11 bits per heavy atom. The van der Waals surface area contributed by atoms with Crippen LogP contribution in [0.1, 0.15) is 41.6 Å². The molecule has 4 rings (SSSR count). The maximum atomic E-state index is 12.9. The molecule has 1 aromatic rings. The molecule has 142 valence electrons. The van der Waals surface area contributed by atoms with Gasteiger partial charge >= 0.3 is 5.97 Å². The summed E-state index contributed by atoms with van der Waals surface area (Å²) in [6.07, 6.45) is 1.76. The molecular formula is C19H21N3O5. The van der Waals surface area contributed by atoms with Gasteiger partial charge in [0.05, 0.1) is 5.92 Å². The molecule has 1 atom stereocenters. The Bertz CT molecular complexity index is 829. The van der Waals surface area contributed by atoms with E-state index in [0.717, 1.165) is 11.3 Å². The lowest BCUT2D eigenvalue weighted by molar-refractivity contribution is -0.142. The van der Waals surface area contributed by atoms with Gasteiger partial charge in [0, 0.05) is 37.3 Å². The molecule has 0 aliphatic carbocycles. The zero-order valence-electron chi connectivity index (χ0n) is 14.8. The normalized spacial score (nSPS) is 23.4. The van der Waals surface area contributed by atoms with Crippen molar-refractivity contribution in [1.82, 2.24) is 10.2 Å². The van der Waals surface area contributed by atoms with E-state index in [9.17, 15) is 19.2 Å². The average molecular weight is 371 g/mol. The van der Waals surface area contributed by atoms with Crippen LogP contribution >= 0.6 is 0 Å². The number of amides is 3. The van der Waals surface area contributed by atoms with Gasteiger partial charge in [0.1, 0.15) is 6.04 Å². The Morgan fingerprint density at radius 2 is 1.85 bits per heavy atom. The average Bonchev–Trinajstić information content (AvgIpc) is 2.98. The van der Waals surface area contributed by atoms with E-state index < -0.39 is 17.9 Å². The fourth-order valence-electron chi connectivity index (χ4n) is 4.12. The monoisotopic (exact) mass is 371 g/mol. The number of anilines is 1. The van der Waals surface area contributed by atoms with Crippen molar-refractivity contribution in [3.8, 4) is 0 Å². The third-order valence-electron chi connectivity index (χ3n) is 5.72. The SMILES string of the molecule is O=C1CCC(N2Cc3ccc(N4CCC(C(=O)O)CC4)cc3C2=O)C(=O)N1. The molecule has 0 aromatic heterocycles. The van der Waals surface area contributed by atoms with E-state index in [1.54, 1.807) is 0 Å². The second kappa shape index (κ2) is 6.68. The highest BCUT2D eigenvalue weighted by Gasteiger charge is 2.39. The number of hydrogen-bond donors (Lipinski definition) is 2. The zero-order valence-corrected chi connectivity index (χ0v) is 14.8. The molecule has 3 amide bonds. The molecule has 3 aliphatic heterocycles. The van der Waals surface area contributed by atoms with E-state index in [1.807, 2.05) is 18.2 Å². The number of aliphatic carboxylic acids is 1. The first-order valence-corrected chi connectivity index (χ1v) is 9.19. The van der Waals surface area contributed by atoms with Crippen molar-refractivity contribution in [3.05, 3.63) is 29.3 Å². The fraction of sp³-hybridized carbons (Fsp3) is 0.474. The van der Waals surface area contributed by atoms with E-state index in [0.29, 0.717) is 44.5 Å². The molecule has 0 spiro atoms. The van der Waals surface area contributed by atoms with Crippen molar-refractivity contribution in [3.63, 3.8) is 0 Å². The molecule has 3 aliphatic rings. The van der Waals surface area contributed by atoms with Gasteiger partial charge in [0.25, 0.3) is 5.91 Å². The quantitative estimate of drug-likeness (QED) is 0.760.